The Bertz CT molecular complexity index is 338. The number of ether oxygens (including phenoxy) is 1. The molecule has 2 aliphatic carbocycles. The van der Waals surface area contributed by atoms with E-state index in [1.54, 1.807) is 0 Å². The number of esters is 1. The first-order chi connectivity index (χ1) is 5.77. The smallest absolute Gasteiger partial charge is 0.341 e. The molecule has 1 N–H and O–H groups in total. The van der Waals surface area contributed by atoms with Crippen molar-refractivity contribution in [2.75, 3.05) is 0 Å². The molecule has 0 amide bonds. The standard InChI is InChI=1S/C9H8O3/c10-8-6-4-1-2-5(3-4)7(6)9(11)12-8/h1,5,9,11H,2-3H2. The zero-order chi connectivity index (χ0) is 8.29. The Hall–Kier alpha value is -1.09. The maximum Gasteiger partial charge on any atom is 0.341 e. The Morgan fingerprint density at radius 3 is 3.17 bits per heavy atom. The Kier molecular flexibility index (Phi) is 0.964. The number of rotatable bonds is 0. The second-order valence-electron chi connectivity index (χ2n) is 3.45. The number of fused-ring (bicyclic) bond motifs is 4. The fourth-order valence-electron chi connectivity index (χ4n) is 2.35. The molecule has 0 spiro atoms. The van der Waals surface area contributed by atoms with E-state index in [1.807, 2.05) is 0 Å². The van der Waals surface area contributed by atoms with Crippen molar-refractivity contribution in [3.63, 3.8) is 0 Å². The zero-order valence-electron chi connectivity index (χ0n) is 6.41. The average Bonchev–Trinajstić information content (AvgIpc) is 2.64. The molecule has 12 heavy (non-hydrogen) atoms. The number of carbonyl (C=O) groups excluding carboxylic acids is 1. The predicted molar refractivity (Wildman–Crippen MR) is 39.9 cm³/mol. The summed E-state index contributed by atoms with van der Waals surface area (Å²) in [6.07, 6.45) is 3.00. The molecule has 0 saturated heterocycles. The highest BCUT2D eigenvalue weighted by Gasteiger charge is 2.46. The lowest BCUT2D eigenvalue weighted by Gasteiger charge is -2.11. The first-order valence-electron chi connectivity index (χ1n) is 4.10. The van der Waals surface area contributed by atoms with Gasteiger partial charge in [0, 0.05) is 5.57 Å². The molecule has 1 heterocycles. The molecule has 0 aromatic carbocycles. The van der Waals surface area contributed by atoms with Gasteiger partial charge in [-0.05, 0) is 24.3 Å². The van der Waals surface area contributed by atoms with E-state index in [0.29, 0.717) is 11.5 Å². The van der Waals surface area contributed by atoms with Crippen molar-refractivity contribution >= 4 is 5.97 Å². The molecule has 3 nitrogen and oxygen atoms in total. The molecule has 0 radical (unpaired) electrons. The van der Waals surface area contributed by atoms with Gasteiger partial charge in [0.2, 0.25) is 6.29 Å². The van der Waals surface area contributed by atoms with Gasteiger partial charge >= 0.3 is 5.97 Å². The zero-order valence-corrected chi connectivity index (χ0v) is 6.41. The van der Waals surface area contributed by atoms with Crippen molar-refractivity contribution < 1.29 is 14.6 Å². The summed E-state index contributed by atoms with van der Waals surface area (Å²) in [4.78, 5) is 11.2. The summed E-state index contributed by atoms with van der Waals surface area (Å²) in [6, 6.07) is 0. The lowest BCUT2D eigenvalue weighted by Crippen LogP contribution is -2.14. The molecule has 3 heteroatoms. The van der Waals surface area contributed by atoms with Crippen molar-refractivity contribution in [2.24, 2.45) is 5.92 Å². The maximum atomic E-state index is 11.2. The van der Waals surface area contributed by atoms with Crippen LogP contribution in [0.25, 0.3) is 0 Å². The van der Waals surface area contributed by atoms with Crippen molar-refractivity contribution in [3.8, 4) is 0 Å². The first kappa shape index (κ1) is 6.43. The van der Waals surface area contributed by atoms with E-state index in [0.717, 1.165) is 24.0 Å². The van der Waals surface area contributed by atoms with Crippen molar-refractivity contribution in [1.29, 1.82) is 0 Å². The molecule has 0 aromatic heterocycles. The molecule has 2 unspecified atom stereocenters. The minimum atomic E-state index is -0.955. The molecule has 2 atom stereocenters. The Morgan fingerprint density at radius 2 is 2.42 bits per heavy atom. The number of aliphatic hydroxyl groups is 1. The minimum Gasteiger partial charge on any atom is -0.428 e. The van der Waals surface area contributed by atoms with Gasteiger partial charge in [0.1, 0.15) is 0 Å². The van der Waals surface area contributed by atoms with Gasteiger partial charge in [-0.1, -0.05) is 6.08 Å². The lowest BCUT2D eigenvalue weighted by atomic mass is 9.97. The largest absolute Gasteiger partial charge is 0.428 e. The number of allylic oxidation sites excluding steroid dienone is 1. The van der Waals surface area contributed by atoms with E-state index in [1.165, 1.54) is 0 Å². The van der Waals surface area contributed by atoms with Crippen LogP contribution in [0.4, 0.5) is 0 Å². The van der Waals surface area contributed by atoms with Crippen LogP contribution in [-0.4, -0.2) is 17.4 Å². The van der Waals surface area contributed by atoms with Gasteiger partial charge in [0.25, 0.3) is 0 Å². The highest BCUT2D eigenvalue weighted by Crippen LogP contribution is 2.49. The number of hydrogen-bond donors (Lipinski definition) is 1. The van der Waals surface area contributed by atoms with Crippen LogP contribution in [0.2, 0.25) is 0 Å². The van der Waals surface area contributed by atoms with E-state index >= 15 is 0 Å². The van der Waals surface area contributed by atoms with Crippen LogP contribution in [0, 0.1) is 5.92 Å². The second-order valence-corrected chi connectivity index (χ2v) is 3.45. The molecule has 62 valence electrons. The fraction of sp³-hybridized carbons (Fsp3) is 0.444. The second kappa shape index (κ2) is 1.80. The molecule has 0 fully saturated rings. The third-order valence-electron chi connectivity index (χ3n) is 2.85. The fourth-order valence-corrected chi connectivity index (χ4v) is 2.35. The molecule has 0 aromatic rings. The number of hydrogen-bond acceptors (Lipinski definition) is 3. The SMILES string of the molecule is O=C1OC(O)C2=C1C1=CCC2C1. The quantitative estimate of drug-likeness (QED) is 0.530. The predicted octanol–water partition coefficient (Wildman–Crippen LogP) is 0.508. The van der Waals surface area contributed by atoms with E-state index in [9.17, 15) is 9.90 Å². The molecule has 1 aliphatic heterocycles. The third kappa shape index (κ3) is 0.547. The topological polar surface area (TPSA) is 46.5 Å². The first-order valence-corrected chi connectivity index (χ1v) is 4.10. The van der Waals surface area contributed by atoms with Gasteiger partial charge in [-0.25, -0.2) is 4.79 Å². The molecule has 0 saturated carbocycles. The monoisotopic (exact) mass is 164 g/mol. The number of aliphatic hydroxyl groups excluding tert-OH is 1. The third-order valence-corrected chi connectivity index (χ3v) is 2.85. The van der Waals surface area contributed by atoms with Crippen molar-refractivity contribution in [3.05, 3.63) is 22.8 Å². The summed E-state index contributed by atoms with van der Waals surface area (Å²) in [5.41, 5.74) is 2.58. The van der Waals surface area contributed by atoms with Crippen LogP contribution >= 0.6 is 0 Å². The summed E-state index contributed by atoms with van der Waals surface area (Å²) in [5.74, 6) is 0.00222. The maximum absolute atomic E-state index is 11.2. The van der Waals surface area contributed by atoms with Crippen LogP contribution in [-0.2, 0) is 9.53 Å². The van der Waals surface area contributed by atoms with Crippen LogP contribution in [0.3, 0.4) is 0 Å². The molecule has 2 bridgehead atoms. The van der Waals surface area contributed by atoms with E-state index in [4.69, 9.17) is 4.74 Å². The molecule has 3 rings (SSSR count). The van der Waals surface area contributed by atoms with Crippen LogP contribution in [0.15, 0.2) is 22.8 Å². The van der Waals surface area contributed by atoms with E-state index < -0.39 is 6.29 Å². The van der Waals surface area contributed by atoms with Crippen molar-refractivity contribution in [1.82, 2.24) is 0 Å². The minimum absolute atomic E-state index is 0.342. The summed E-state index contributed by atoms with van der Waals surface area (Å²) < 4.78 is 4.71. The Labute approximate surface area is 69.3 Å². The van der Waals surface area contributed by atoms with Gasteiger partial charge < -0.3 is 9.84 Å². The van der Waals surface area contributed by atoms with Gasteiger partial charge in [0.15, 0.2) is 0 Å². The normalized spacial score (nSPS) is 37.1. The molecular weight excluding hydrogens is 156 g/mol. The van der Waals surface area contributed by atoms with Crippen molar-refractivity contribution in [2.45, 2.75) is 19.1 Å². The Balaban J connectivity index is 2.18. The Morgan fingerprint density at radius 1 is 1.58 bits per heavy atom. The lowest BCUT2D eigenvalue weighted by molar-refractivity contribution is -0.152. The van der Waals surface area contributed by atoms with Gasteiger partial charge in [-0.15, -0.1) is 0 Å². The summed E-state index contributed by atoms with van der Waals surface area (Å²) in [5, 5.41) is 9.36. The van der Waals surface area contributed by atoms with Crippen LogP contribution in [0.5, 0.6) is 0 Å². The number of cyclic esters (lactones) is 1. The average molecular weight is 164 g/mol. The summed E-state index contributed by atoms with van der Waals surface area (Å²) in [7, 11) is 0. The van der Waals surface area contributed by atoms with Gasteiger partial charge in [0.05, 0.1) is 5.57 Å². The molecular formula is C9H8O3. The van der Waals surface area contributed by atoms with Gasteiger partial charge in [-0.3, -0.25) is 0 Å². The highest BCUT2D eigenvalue weighted by molar-refractivity contribution is 5.98. The summed E-state index contributed by atoms with van der Waals surface area (Å²) in [6.45, 7) is 0. The van der Waals surface area contributed by atoms with Crippen LogP contribution < -0.4 is 0 Å². The molecule has 3 aliphatic rings. The van der Waals surface area contributed by atoms with Crippen LogP contribution in [0.1, 0.15) is 12.8 Å². The number of carbonyl (C=O) groups is 1. The summed E-state index contributed by atoms with van der Waals surface area (Å²) >= 11 is 0. The van der Waals surface area contributed by atoms with E-state index in [-0.39, 0.29) is 5.97 Å². The van der Waals surface area contributed by atoms with Gasteiger partial charge in [-0.2, -0.15) is 0 Å². The highest BCUT2D eigenvalue weighted by atomic mass is 16.6. The van der Waals surface area contributed by atoms with E-state index in [2.05, 4.69) is 6.08 Å².